The number of methoxy groups -OCH3 is 2. The first kappa shape index (κ1) is 19.3. The van der Waals surface area contributed by atoms with Gasteiger partial charge in [-0.15, -0.1) is 0 Å². The Morgan fingerprint density at radius 3 is 2.30 bits per heavy atom. The SMILES string of the molecule is COc1ccc(C(=O)N(c2ccc(Cl)cc2)C2C=CS(=O)(=O)C2)cc1OC. The molecule has 0 bridgehead atoms. The Morgan fingerprint density at radius 1 is 1.07 bits per heavy atom. The van der Waals surface area contributed by atoms with Gasteiger partial charge in [-0.3, -0.25) is 4.79 Å². The van der Waals surface area contributed by atoms with Gasteiger partial charge in [-0.1, -0.05) is 11.6 Å². The smallest absolute Gasteiger partial charge is 0.258 e. The molecule has 6 nitrogen and oxygen atoms in total. The van der Waals surface area contributed by atoms with E-state index in [2.05, 4.69) is 0 Å². The maximum atomic E-state index is 13.3. The van der Waals surface area contributed by atoms with E-state index < -0.39 is 15.9 Å². The molecule has 27 heavy (non-hydrogen) atoms. The molecule has 0 aromatic heterocycles. The van der Waals surface area contributed by atoms with Gasteiger partial charge in [0.2, 0.25) is 0 Å². The Balaban J connectivity index is 2.03. The van der Waals surface area contributed by atoms with Gasteiger partial charge in [0.25, 0.3) is 5.91 Å². The summed E-state index contributed by atoms with van der Waals surface area (Å²) in [6.07, 6.45) is 1.52. The van der Waals surface area contributed by atoms with Gasteiger partial charge in [-0.2, -0.15) is 0 Å². The first-order valence-corrected chi connectivity index (χ1v) is 10.2. The van der Waals surface area contributed by atoms with Gasteiger partial charge in [-0.05, 0) is 48.5 Å². The number of ether oxygens (including phenoxy) is 2. The second-order valence-corrected chi connectivity index (χ2v) is 8.31. The van der Waals surface area contributed by atoms with Crippen molar-refractivity contribution in [2.45, 2.75) is 6.04 Å². The van der Waals surface area contributed by atoms with E-state index in [-0.39, 0.29) is 11.7 Å². The molecule has 3 rings (SSSR count). The summed E-state index contributed by atoms with van der Waals surface area (Å²) in [5.74, 6) is 0.378. The van der Waals surface area contributed by atoms with Crippen molar-refractivity contribution in [1.82, 2.24) is 0 Å². The van der Waals surface area contributed by atoms with Crippen molar-refractivity contribution in [1.29, 1.82) is 0 Å². The third-order valence-electron chi connectivity index (χ3n) is 4.20. The molecule has 1 heterocycles. The molecule has 0 radical (unpaired) electrons. The fourth-order valence-corrected chi connectivity index (χ4v) is 4.28. The molecule has 1 aliphatic heterocycles. The number of benzene rings is 2. The third kappa shape index (κ3) is 4.09. The van der Waals surface area contributed by atoms with Gasteiger partial charge in [0.15, 0.2) is 21.3 Å². The lowest BCUT2D eigenvalue weighted by Gasteiger charge is -2.28. The normalized spacial score (nSPS) is 17.5. The van der Waals surface area contributed by atoms with Crippen molar-refractivity contribution in [3.05, 3.63) is 64.5 Å². The van der Waals surface area contributed by atoms with Crippen LogP contribution in [0.15, 0.2) is 53.9 Å². The molecule has 0 spiro atoms. The Hall–Kier alpha value is -2.51. The van der Waals surface area contributed by atoms with Crippen LogP contribution in [-0.4, -0.2) is 40.3 Å². The van der Waals surface area contributed by atoms with Crippen molar-refractivity contribution in [2.24, 2.45) is 0 Å². The summed E-state index contributed by atoms with van der Waals surface area (Å²) in [5.41, 5.74) is 0.895. The molecule has 2 aromatic carbocycles. The zero-order valence-corrected chi connectivity index (χ0v) is 16.3. The molecule has 1 atom stereocenters. The van der Waals surface area contributed by atoms with E-state index in [1.165, 1.54) is 25.2 Å². The Morgan fingerprint density at radius 2 is 1.74 bits per heavy atom. The minimum absolute atomic E-state index is 0.172. The van der Waals surface area contributed by atoms with Crippen molar-refractivity contribution in [2.75, 3.05) is 24.9 Å². The maximum absolute atomic E-state index is 13.3. The highest BCUT2D eigenvalue weighted by Gasteiger charge is 2.32. The van der Waals surface area contributed by atoms with Crippen LogP contribution in [0.4, 0.5) is 5.69 Å². The number of amides is 1. The molecule has 0 saturated heterocycles. The molecular formula is C19H18ClNO5S. The van der Waals surface area contributed by atoms with Crippen LogP contribution >= 0.6 is 11.6 Å². The number of carbonyl (C=O) groups excluding carboxylic acids is 1. The maximum Gasteiger partial charge on any atom is 0.258 e. The second-order valence-electron chi connectivity index (χ2n) is 5.95. The monoisotopic (exact) mass is 407 g/mol. The predicted molar refractivity (Wildman–Crippen MR) is 105 cm³/mol. The minimum Gasteiger partial charge on any atom is -0.493 e. The molecule has 0 fully saturated rings. The summed E-state index contributed by atoms with van der Waals surface area (Å²) in [6.45, 7) is 0. The van der Waals surface area contributed by atoms with Crippen LogP contribution in [0.25, 0.3) is 0 Å². The molecule has 0 N–H and O–H groups in total. The Kier molecular flexibility index (Phi) is 5.43. The zero-order chi connectivity index (χ0) is 19.6. The van der Waals surface area contributed by atoms with Crippen molar-refractivity contribution in [3.63, 3.8) is 0 Å². The minimum atomic E-state index is -3.34. The van der Waals surface area contributed by atoms with E-state index in [0.717, 1.165) is 5.41 Å². The van der Waals surface area contributed by atoms with E-state index >= 15 is 0 Å². The summed E-state index contributed by atoms with van der Waals surface area (Å²) < 4.78 is 34.2. The number of sulfone groups is 1. The zero-order valence-electron chi connectivity index (χ0n) is 14.8. The fraction of sp³-hybridized carbons (Fsp3) is 0.211. The van der Waals surface area contributed by atoms with Gasteiger partial charge in [0, 0.05) is 21.7 Å². The first-order chi connectivity index (χ1) is 12.8. The number of hydrogen-bond acceptors (Lipinski definition) is 5. The number of rotatable bonds is 5. The molecule has 1 unspecified atom stereocenters. The summed E-state index contributed by atoms with van der Waals surface area (Å²) in [4.78, 5) is 14.7. The fourth-order valence-electron chi connectivity index (χ4n) is 2.89. The highest BCUT2D eigenvalue weighted by Crippen LogP contribution is 2.31. The summed E-state index contributed by atoms with van der Waals surface area (Å²) in [7, 11) is -0.352. The number of anilines is 1. The Bertz CT molecular complexity index is 986. The van der Waals surface area contributed by atoms with Crippen molar-refractivity contribution < 1.29 is 22.7 Å². The van der Waals surface area contributed by atoms with Crippen LogP contribution in [0.2, 0.25) is 5.02 Å². The van der Waals surface area contributed by atoms with Crippen LogP contribution in [0.1, 0.15) is 10.4 Å². The van der Waals surface area contributed by atoms with E-state index in [1.54, 1.807) is 42.5 Å². The van der Waals surface area contributed by atoms with Crippen LogP contribution in [0.5, 0.6) is 11.5 Å². The summed E-state index contributed by atoms with van der Waals surface area (Å²) >= 11 is 5.95. The van der Waals surface area contributed by atoms with E-state index in [4.69, 9.17) is 21.1 Å². The predicted octanol–water partition coefficient (Wildman–Crippen LogP) is 3.31. The molecular weight excluding hydrogens is 390 g/mol. The largest absolute Gasteiger partial charge is 0.493 e. The van der Waals surface area contributed by atoms with Gasteiger partial charge in [-0.25, -0.2) is 8.42 Å². The highest BCUT2D eigenvalue weighted by molar-refractivity contribution is 7.94. The van der Waals surface area contributed by atoms with Crippen LogP contribution in [0, 0.1) is 0 Å². The molecule has 0 saturated carbocycles. The third-order valence-corrected chi connectivity index (χ3v) is 5.83. The number of carbonyl (C=O) groups is 1. The second kappa shape index (κ2) is 7.62. The van der Waals surface area contributed by atoms with E-state index in [9.17, 15) is 13.2 Å². The molecule has 1 amide bonds. The molecule has 8 heteroatoms. The number of halogens is 1. The average Bonchev–Trinajstić information content (AvgIpc) is 3.02. The topological polar surface area (TPSA) is 72.9 Å². The lowest BCUT2D eigenvalue weighted by Crippen LogP contribution is -2.41. The lowest BCUT2D eigenvalue weighted by molar-refractivity contribution is 0.0982. The molecule has 2 aromatic rings. The standard InChI is InChI=1S/C19H18ClNO5S/c1-25-17-8-3-13(11-18(17)26-2)19(22)21(15-6-4-14(20)5-7-15)16-9-10-27(23,24)12-16/h3-11,16H,12H2,1-2H3. The van der Waals surface area contributed by atoms with Gasteiger partial charge < -0.3 is 14.4 Å². The molecule has 142 valence electrons. The van der Waals surface area contributed by atoms with Crippen LogP contribution < -0.4 is 14.4 Å². The van der Waals surface area contributed by atoms with Gasteiger partial charge in [0.05, 0.1) is 26.0 Å². The van der Waals surface area contributed by atoms with E-state index in [0.29, 0.717) is 27.8 Å². The molecule has 1 aliphatic rings. The van der Waals surface area contributed by atoms with Crippen molar-refractivity contribution in [3.8, 4) is 11.5 Å². The molecule has 0 aliphatic carbocycles. The van der Waals surface area contributed by atoms with Crippen LogP contribution in [0.3, 0.4) is 0 Å². The lowest BCUT2D eigenvalue weighted by atomic mass is 10.1. The van der Waals surface area contributed by atoms with Crippen LogP contribution in [-0.2, 0) is 9.84 Å². The quantitative estimate of drug-likeness (QED) is 0.760. The number of nitrogens with zero attached hydrogens (tertiary/aromatic N) is 1. The van der Waals surface area contributed by atoms with Gasteiger partial charge >= 0.3 is 0 Å². The van der Waals surface area contributed by atoms with Gasteiger partial charge in [0.1, 0.15) is 0 Å². The van der Waals surface area contributed by atoms with Crippen molar-refractivity contribution >= 4 is 33.0 Å². The average molecular weight is 408 g/mol. The summed E-state index contributed by atoms with van der Waals surface area (Å²) in [6, 6.07) is 10.9. The van der Waals surface area contributed by atoms with E-state index in [1.807, 2.05) is 0 Å². The first-order valence-electron chi connectivity index (χ1n) is 8.07. The number of hydrogen-bond donors (Lipinski definition) is 0. The Labute approximate surface area is 162 Å². The summed E-state index contributed by atoms with van der Waals surface area (Å²) in [5, 5.41) is 1.66. The highest BCUT2D eigenvalue weighted by atomic mass is 35.5.